The molecule has 0 saturated heterocycles. The largest absolute Gasteiger partial charge is 0.479 e. The van der Waals surface area contributed by atoms with Gasteiger partial charge in [-0.1, -0.05) is 66.2 Å². The Hall–Kier alpha value is -0.460. The van der Waals surface area contributed by atoms with Gasteiger partial charge < -0.3 is 25.0 Å². The first-order valence-electron chi connectivity index (χ1n) is 10.6. The lowest BCUT2D eigenvalue weighted by Gasteiger charge is -2.18. The quantitative estimate of drug-likeness (QED) is 0.282. The average Bonchev–Trinajstić information content (AvgIpc) is 2.57. The van der Waals surface area contributed by atoms with Gasteiger partial charge in [-0.2, -0.15) is 0 Å². The van der Waals surface area contributed by atoms with Crippen LogP contribution in [0.4, 0.5) is 0 Å². The highest BCUT2D eigenvalue weighted by molar-refractivity contribution is 7.52. The maximum atomic E-state index is 11.6. The van der Waals surface area contributed by atoms with Gasteiger partial charge >= 0.3 is 13.6 Å². The molecule has 168 valence electrons. The van der Waals surface area contributed by atoms with Crippen molar-refractivity contribution in [1.29, 1.82) is 0 Å². The third kappa shape index (κ3) is 15.5. The summed E-state index contributed by atoms with van der Waals surface area (Å²) in [5.74, 6) is 0.769. The first kappa shape index (κ1) is 27.5. The van der Waals surface area contributed by atoms with Gasteiger partial charge in [0.15, 0.2) is 6.10 Å². The molecule has 0 aliphatic rings. The van der Waals surface area contributed by atoms with Gasteiger partial charge in [0, 0.05) is 13.2 Å². The van der Waals surface area contributed by atoms with Gasteiger partial charge in [-0.15, -0.1) is 0 Å². The Morgan fingerprint density at radius 3 is 2.04 bits per heavy atom. The predicted molar refractivity (Wildman–Crippen MR) is 113 cm³/mol. The summed E-state index contributed by atoms with van der Waals surface area (Å²) >= 11 is 0. The van der Waals surface area contributed by atoms with E-state index in [1.165, 1.54) is 32.1 Å². The fraction of sp³-hybridized carbons (Fsp3) is 0.950. The fourth-order valence-electron chi connectivity index (χ4n) is 2.99. The first-order chi connectivity index (χ1) is 13.1. The van der Waals surface area contributed by atoms with Crippen LogP contribution in [0.3, 0.4) is 0 Å². The van der Waals surface area contributed by atoms with E-state index < -0.39 is 26.3 Å². The Morgan fingerprint density at radius 1 is 1.00 bits per heavy atom. The number of hydrogen-bond acceptors (Lipinski definition) is 5. The van der Waals surface area contributed by atoms with Crippen molar-refractivity contribution in [2.45, 2.75) is 78.7 Å². The Balaban J connectivity index is 3.98. The number of rotatable bonds is 18. The van der Waals surface area contributed by atoms with E-state index in [0.29, 0.717) is 5.92 Å². The number of carbonyl (C=O) groups is 1. The van der Waals surface area contributed by atoms with Gasteiger partial charge in [0.2, 0.25) is 0 Å². The van der Waals surface area contributed by atoms with E-state index >= 15 is 0 Å². The van der Waals surface area contributed by atoms with Crippen LogP contribution in [0.25, 0.3) is 0 Å². The predicted octanol–water partition coefficient (Wildman–Crippen LogP) is 4.28. The highest BCUT2D eigenvalue weighted by Gasteiger charge is 2.25. The molecule has 0 saturated carbocycles. The van der Waals surface area contributed by atoms with Crippen LogP contribution < -0.4 is 5.73 Å². The van der Waals surface area contributed by atoms with Gasteiger partial charge in [0.25, 0.3) is 0 Å². The molecule has 4 N–H and O–H groups in total. The first-order valence-corrected chi connectivity index (χ1v) is 12.3. The van der Waals surface area contributed by atoms with Gasteiger partial charge in [-0.25, -0.2) is 4.79 Å². The minimum absolute atomic E-state index is 0.000229. The van der Waals surface area contributed by atoms with Crippen LogP contribution in [0.15, 0.2) is 0 Å². The minimum atomic E-state index is -3.84. The molecule has 0 aromatic heterocycles. The monoisotopic (exact) mass is 423 g/mol. The summed E-state index contributed by atoms with van der Waals surface area (Å²) in [5.41, 5.74) is 5.23. The molecule has 28 heavy (non-hydrogen) atoms. The maximum Gasteiger partial charge on any atom is 0.335 e. The molecule has 8 heteroatoms. The van der Waals surface area contributed by atoms with Crippen molar-refractivity contribution < 1.29 is 28.6 Å². The van der Waals surface area contributed by atoms with Crippen LogP contribution in [0, 0.1) is 17.8 Å². The van der Waals surface area contributed by atoms with Gasteiger partial charge in [-0.3, -0.25) is 4.57 Å². The highest BCUT2D eigenvalue weighted by atomic mass is 31.2. The minimum Gasteiger partial charge on any atom is -0.479 e. The number of hydrogen-bond donors (Lipinski definition) is 3. The van der Waals surface area contributed by atoms with E-state index in [1.54, 1.807) is 0 Å². The SMILES string of the molecule is CC(C)CCCC(C)CCCC(C)CCOC(COP(=O)(O)CCN)C(=O)O. The fourth-order valence-corrected chi connectivity index (χ4v) is 3.82. The molecular weight excluding hydrogens is 381 g/mol. The molecule has 0 bridgehead atoms. The second-order valence-electron chi connectivity index (χ2n) is 8.40. The van der Waals surface area contributed by atoms with Crippen LogP contribution in [0.5, 0.6) is 0 Å². The lowest BCUT2D eigenvalue weighted by molar-refractivity contribution is -0.152. The Bertz CT molecular complexity index is 460. The van der Waals surface area contributed by atoms with Crippen molar-refractivity contribution in [3.63, 3.8) is 0 Å². The molecular formula is C20H42NO6P. The van der Waals surface area contributed by atoms with Gasteiger partial charge in [0.05, 0.1) is 12.8 Å². The van der Waals surface area contributed by atoms with Crippen LogP contribution in [-0.2, 0) is 18.6 Å². The number of nitrogens with two attached hydrogens (primary N) is 1. The number of carboxylic acids is 1. The normalized spacial score (nSPS) is 17.2. The molecule has 0 amide bonds. The average molecular weight is 424 g/mol. The summed E-state index contributed by atoms with van der Waals surface area (Å²) in [5, 5.41) is 9.17. The third-order valence-corrected chi connectivity index (χ3v) is 6.29. The molecule has 0 aliphatic carbocycles. The Morgan fingerprint density at radius 2 is 1.54 bits per heavy atom. The number of aliphatic carboxylic acids is 1. The van der Waals surface area contributed by atoms with Crippen LogP contribution in [-0.4, -0.2) is 48.0 Å². The molecule has 0 aromatic rings. The molecule has 0 heterocycles. The molecule has 0 aromatic carbocycles. The van der Waals surface area contributed by atoms with E-state index in [-0.39, 0.29) is 19.3 Å². The summed E-state index contributed by atoms with van der Waals surface area (Å²) in [6.45, 7) is 8.82. The number of carboxylic acid groups (broad SMARTS) is 1. The van der Waals surface area contributed by atoms with E-state index in [4.69, 9.17) is 15.0 Å². The highest BCUT2D eigenvalue weighted by Crippen LogP contribution is 2.41. The van der Waals surface area contributed by atoms with Crippen molar-refractivity contribution in [1.82, 2.24) is 0 Å². The molecule has 0 aliphatic heterocycles. The van der Waals surface area contributed by atoms with Gasteiger partial charge in [-0.05, 0) is 24.2 Å². The van der Waals surface area contributed by atoms with Crippen LogP contribution in [0.1, 0.15) is 72.6 Å². The van der Waals surface area contributed by atoms with Crippen molar-refractivity contribution in [2.24, 2.45) is 23.5 Å². The summed E-state index contributed by atoms with van der Waals surface area (Å²) < 4.78 is 21.8. The molecule has 0 rings (SSSR count). The van der Waals surface area contributed by atoms with E-state index in [2.05, 4.69) is 27.7 Å². The van der Waals surface area contributed by atoms with Crippen LogP contribution >= 0.6 is 7.60 Å². The second-order valence-corrected chi connectivity index (χ2v) is 10.4. The standard InChI is InChI=1S/C20H42NO6P/c1-16(2)7-5-8-17(3)9-6-10-18(4)11-13-26-19(20(22)23)15-27-28(24,25)14-12-21/h16-19H,5-15,21H2,1-4H3,(H,22,23)(H,24,25). The maximum absolute atomic E-state index is 11.6. The zero-order chi connectivity index (χ0) is 21.6. The molecule has 4 unspecified atom stereocenters. The van der Waals surface area contributed by atoms with E-state index in [1.807, 2.05) is 0 Å². The van der Waals surface area contributed by atoms with Crippen molar-refractivity contribution >= 4 is 13.6 Å². The molecule has 0 spiro atoms. The van der Waals surface area contributed by atoms with E-state index in [9.17, 15) is 19.4 Å². The summed E-state index contributed by atoms with van der Waals surface area (Å²) in [6, 6.07) is 0. The number of ether oxygens (including phenoxy) is 1. The zero-order valence-corrected chi connectivity index (χ0v) is 19.0. The summed E-state index contributed by atoms with van der Waals surface area (Å²) in [7, 11) is -3.84. The zero-order valence-electron chi connectivity index (χ0n) is 18.1. The van der Waals surface area contributed by atoms with Crippen LogP contribution in [0.2, 0.25) is 0 Å². The topological polar surface area (TPSA) is 119 Å². The second kappa shape index (κ2) is 15.4. The van der Waals surface area contributed by atoms with Gasteiger partial charge in [0.1, 0.15) is 0 Å². The molecule has 4 atom stereocenters. The third-order valence-electron chi connectivity index (χ3n) is 4.92. The van der Waals surface area contributed by atoms with Crippen molar-refractivity contribution in [3.05, 3.63) is 0 Å². The molecule has 0 radical (unpaired) electrons. The van der Waals surface area contributed by atoms with E-state index in [0.717, 1.165) is 24.7 Å². The Labute approximate surface area is 170 Å². The lowest BCUT2D eigenvalue weighted by atomic mass is 9.93. The lowest BCUT2D eigenvalue weighted by Crippen LogP contribution is -2.30. The smallest absolute Gasteiger partial charge is 0.335 e. The van der Waals surface area contributed by atoms with Crippen molar-refractivity contribution in [2.75, 3.05) is 25.9 Å². The molecule has 0 fully saturated rings. The summed E-state index contributed by atoms with van der Waals surface area (Å²) in [4.78, 5) is 20.7. The summed E-state index contributed by atoms with van der Waals surface area (Å²) in [6.07, 6.45) is 6.67. The van der Waals surface area contributed by atoms with Crippen molar-refractivity contribution in [3.8, 4) is 0 Å². The Kier molecular flexibility index (Phi) is 15.1. The molecule has 7 nitrogen and oxygen atoms in total.